The molecule has 0 unspecified atom stereocenters. The highest BCUT2D eigenvalue weighted by molar-refractivity contribution is 7.20. The van der Waals surface area contributed by atoms with E-state index >= 15 is 0 Å². The highest BCUT2D eigenvalue weighted by Crippen LogP contribution is 2.34. The summed E-state index contributed by atoms with van der Waals surface area (Å²) < 4.78 is 2.20. The molecule has 0 spiro atoms. The maximum atomic E-state index is 11.2. The third-order valence-corrected chi connectivity index (χ3v) is 14.4. The fourth-order valence-corrected chi connectivity index (χ4v) is 12.5. The molecule has 5 heteroatoms. The third-order valence-electron chi connectivity index (χ3n) is 9.62. The molecule has 1 aromatic heterocycles. The number of hydrogen-bond acceptors (Lipinski definition) is 3. The molecule has 0 saturated heterocycles. The molecule has 0 atom stereocenters. The van der Waals surface area contributed by atoms with Crippen molar-refractivity contribution < 1.29 is 0 Å². The summed E-state index contributed by atoms with van der Waals surface area (Å²) in [5.74, 6) is 0. The average Bonchev–Trinajstić information content (AvgIpc) is 3.53. The lowest BCUT2D eigenvalue weighted by molar-refractivity contribution is 1.18. The van der Waals surface area contributed by atoms with Crippen LogP contribution in [0.2, 0.25) is 0 Å². The summed E-state index contributed by atoms with van der Waals surface area (Å²) in [7, 11) is -3.13. The molecule has 8 rings (SSSR count). The number of aromatic nitrogens is 1. The predicted octanol–water partition coefficient (Wildman–Crippen LogP) is 7.44. The minimum atomic E-state index is -3.13. The van der Waals surface area contributed by atoms with Crippen LogP contribution in [0.1, 0.15) is 16.7 Å². The van der Waals surface area contributed by atoms with E-state index in [1.54, 1.807) is 0 Å². The Morgan fingerprint density at radius 2 is 1.02 bits per heavy atom. The lowest BCUT2D eigenvalue weighted by Crippen LogP contribution is -2.75. The van der Waals surface area contributed by atoms with Crippen LogP contribution >= 0.6 is 0 Å². The Morgan fingerprint density at radius 3 is 1.62 bits per heavy atom. The second kappa shape index (κ2) is 12.6. The second-order valence-electron chi connectivity index (χ2n) is 12.3. The van der Waals surface area contributed by atoms with Gasteiger partial charge in [0.15, 0.2) is 8.07 Å². The normalized spacial score (nSPS) is 11.1. The molecule has 0 N–H and O–H groups in total. The van der Waals surface area contributed by atoms with E-state index in [-0.39, 0.29) is 0 Å². The number of fused-ring (bicyclic) bond motifs is 3. The van der Waals surface area contributed by atoms with Crippen LogP contribution in [0.3, 0.4) is 0 Å². The van der Waals surface area contributed by atoms with Gasteiger partial charge in [-0.25, -0.2) is 0 Å². The Balaban J connectivity index is 1.44. The minimum Gasteiger partial charge on any atom is -0.309 e. The number of nitrogens with zero attached hydrogens (tertiary/aromatic N) is 4. The molecule has 4 nitrogen and oxygen atoms in total. The van der Waals surface area contributed by atoms with Crippen molar-refractivity contribution in [3.8, 4) is 35.0 Å². The molecular formula is C45H28N4Si. The van der Waals surface area contributed by atoms with Crippen molar-refractivity contribution in [1.29, 1.82) is 15.8 Å². The molecule has 1 heterocycles. The van der Waals surface area contributed by atoms with Crippen LogP contribution in [0.25, 0.3) is 38.6 Å². The monoisotopic (exact) mass is 652 g/mol. The summed E-state index contributed by atoms with van der Waals surface area (Å²) >= 11 is 0. The molecule has 8 aromatic rings. The Morgan fingerprint density at radius 1 is 0.440 bits per heavy atom. The Labute approximate surface area is 291 Å². The lowest BCUT2D eigenvalue weighted by Gasteiger charge is -2.35. The van der Waals surface area contributed by atoms with Gasteiger partial charge in [0.05, 0.1) is 45.9 Å². The van der Waals surface area contributed by atoms with Crippen LogP contribution in [0.4, 0.5) is 0 Å². The topological polar surface area (TPSA) is 76.3 Å². The molecule has 0 radical (unpaired) electrons. The number of para-hydroxylation sites is 1. The first kappa shape index (κ1) is 30.4. The van der Waals surface area contributed by atoms with Crippen molar-refractivity contribution in [1.82, 2.24) is 4.57 Å². The summed E-state index contributed by atoms with van der Waals surface area (Å²) in [6.07, 6.45) is 0. The van der Waals surface area contributed by atoms with Crippen LogP contribution < -0.4 is 20.7 Å². The van der Waals surface area contributed by atoms with Crippen LogP contribution in [0.5, 0.6) is 0 Å². The molecule has 0 amide bonds. The highest BCUT2D eigenvalue weighted by atomic mass is 28.3. The molecule has 7 aromatic carbocycles. The molecular weight excluding hydrogens is 625 g/mol. The molecule has 0 saturated carbocycles. The Bertz CT molecular complexity index is 2580. The third kappa shape index (κ3) is 4.80. The summed E-state index contributed by atoms with van der Waals surface area (Å²) in [6.45, 7) is 0. The van der Waals surface area contributed by atoms with Crippen LogP contribution in [-0.4, -0.2) is 12.6 Å². The van der Waals surface area contributed by atoms with Gasteiger partial charge in [0.25, 0.3) is 0 Å². The lowest BCUT2D eigenvalue weighted by atomic mass is 9.97. The molecule has 0 aliphatic rings. The number of hydrogen-bond donors (Lipinski definition) is 0. The summed E-state index contributed by atoms with van der Waals surface area (Å²) in [6, 6.07) is 64.7. The van der Waals surface area contributed by atoms with Gasteiger partial charge in [-0.3, -0.25) is 0 Å². The van der Waals surface area contributed by atoms with E-state index in [4.69, 9.17) is 0 Å². The van der Waals surface area contributed by atoms with Gasteiger partial charge < -0.3 is 4.57 Å². The van der Waals surface area contributed by atoms with E-state index in [0.29, 0.717) is 16.7 Å². The fourth-order valence-electron chi connectivity index (χ4n) is 7.51. The smallest absolute Gasteiger partial charge is 0.181 e. The van der Waals surface area contributed by atoms with Gasteiger partial charge in [-0.2, -0.15) is 15.8 Å². The number of rotatable bonds is 6. The van der Waals surface area contributed by atoms with E-state index in [9.17, 15) is 15.8 Å². The van der Waals surface area contributed by atoms with E-state index in [1.807, 2.05) is 72.8 Å². The molecule has 0 fully saturated rings. The fraction of sp³-hybridized carbons (Fsp3) is 0. The number of nitriles is 3. The van der Waals surface area contributed by atoms with Crippen LogP contribution in [0, 0.1) is 34.0 Å². The van der Waals surface area contributed by atoms with Crippen molar-refractivity contribution in [2.75, 3.05) is 0 Å². The first-order valence-corrected chi connectivity index (χ1v) is 18.4. The van der Waals surface area contributed by atoms with E-state index in [2.05, 4.69) is 120 Å². The van der Waals surface area contributed by atoms with Crippen molar-refractivity contribution in [2.45, 2.75) is 0 Å². The van der Waals surface area contributed by atoms with Crippen LogP contribution in [0.15, 0.2) is 170 Å². The van der Waals surface area contributed by atoms with E-state index in [1.165, 1.54) is 0 Å². The quantitative estimate of drug-likeness (QED) is 0.138. The van der Waals surface area contributed by atoms with Gasteiger partial charge in [0.1, 0.15) is 0 Å². The molecule has 50 heavy (non-hydrogen) atoms. The van der Waals surface area contributed by atoms with Crippen molar-refractivity contribution >= 4 is 50.6 Å². The summed E-state index contributed by atoms with van der Waals surface area (Å²) in [5.41, 5.74) is 6.15. The maximum Gasteiger partial charge on any atom is 0.181 e. The van der Waals surface area contributed by atoms with Crippen molar-refractivity contribution in [3.05, 3.63) is 187 Å². The first-order chi connectivity index (χ1) is 24.7. The van der Waals surface area contributed by atoms with Gasteiger partial charge in [-0.1, -0.05) is 121 Å². The van der Waals surface area contributed by atoms with Gasteiger partial charge >= 0.3 is 0 Å². The zero-order chi connectivity index (χ0) is 34.1. The van der Waals surface area contributed by atoms with Gasteiger partial charge in [0, 0.05) is 22.0 Å². The average molecular weight is 653 g/mol. The SMILES string of the molecule is N#Cc1cc(-c2cccc(-n3c4ccccc4c4cc(C#N)ccc43)c2)c(C#N)c([Si](c2ccccc2)(c2ccccc2)c2ccccc2)c1. The van der Waals surface area contributed by atoms with Crippen molar-refractivity contribution in [3.63, 3.8) is 0 Å². The minimum absolute atomic E-state index is 0.500. The Kier molecular flexibility index (Phi) is 7.63. The maximum absolute atomic E-state index is 11.2. The molecule has 232 valence electrons. The van der Waals surface area contributed by atoms with Crippen LogP contribution in [-0.2, 0) is 0 Å². The standard InChI is InChI=1S/C45H28N4Si/c46-29-32-23-24-44-41(25-32)39-21-10-11-22-43(39)49(44)35-14-12-13-34(28-35)40-26-33(30-47)27-45(42(40)31-48)50(36-15-4-1-5-16-36,37-17-6-2-7-18-37)38-19-8-3-9-20-38/h1-28H. The van der Waals surface area contributed by atoms with Gasteiger partial charge in [-0.15, -0.1) is 0 Å². The molecule has 0 aliphatic carbocycles. The molecule has 0 aliphatic heterocycles. The zero-order valence-corrected chi connectivity index (χ0v) is 28.0. The number of benzene rings is 7. The summed E-state index contributed by atoms with van der Waals surface area (Å²) in [5, 5.41) is 37.7. The first-order valence-electron chi connectivity index (χ1n) is 16.4. The van der Waals surface area contributed by atoms with Gasteiger partial charge in [-0.05, 0) is 74.8 Å². The second-order valence-corrected chi connectivity index (χ2v) is 16.0. The van der Waals surface area contributed by atoms with E-state index in [0.717, 1.165) is 59.4 Å². The van der Waals surface area contributed by atoms with E-state index < -0.39 is 8.07 Å². The Hall–Kier alpha value is -6.97. The largest absolute Gasteiger partial charge is 0.309 e. The van der Waals surface area contributed by atoms with Crippen molar-refractivity contribution in [2.24, 2.45) is 0 Å². The molecule has 0 bridgehead atoms. The highest BCUT2D eigenvalue weighted by Gasteiger charge is 2.43. The predicted molar refractivity (Wildman–Crippen MR) is 204 cm³/mol. The summed E-state index contributed by atoms with van der Waals surface area (Å²) in [4.78, 5) is 0. The zero-order valence-electron chi connectivity index (χ0n) is 27.0. The van der Waals surface area contributed by atoms with Gasteiger partial charge in [0.2, 0.25) is 0 Å².